The minimum atomic E-state index is -0.961. The molecule has 0 spiro atoms. The van der Waals surface area contributed by atoms with Crippen LogP contribution < -0.4 is 34.7 Å². The van der Waals surface area contributed by atoms with Crippen molar-refractivity contribution in [2.24, 2.45) is 0 Å². The van der Waals surface area contributed by atoms with Crippen LogP contribution in [0.5, 0.6) is 0 Å². The Morgan fingerprint density at radius 1 is 1.60 bits per heavy atom. The predicted molar refractivity (Wildman–Crippen MR) is 40.7 cm³/mol. The summed E-state index contributed by atoms with van der Waals surface area (Å²) >= 11 is 2.84. The molecule has 2 nitrogen and oxygen atoms in total. The minimum Gasteiger partial charge on any atom is -0.549 e. The molecule has 0 heterocycles. The zero-order valence-electron chi connectivity index (χ0n) is 6.42. The molecular weight excluding hydrogens is 179 g/mol. The van der Waals surface area contributed by atoms with Crippen LogP contribution in [0.25, 0.3) is 0 Å². The molecule has 0 saturated heterocycles. The molecule has 0 radical (unpaired) electrons. The van der Waals surface area contributed by atoms with Crippen molar-refractivity contribution in [2.75, 3.05) is 18.3 Å². The van der Waals surface area contributed by atoms with Gasteiger partial charge in [0.15, 0.2) is 0 Å². The van der Waals surface area contributed by atoms with Gasteiger partial charge in [-0.05, 0) is 12.5 Å². The molecule has 5 heteroatoms. The number of hydrogen-bond donors (Lipinski definition) is 0. The van der Waals surface area contributed by atoms with Crippen molar-refractivity contribution in [3.05, 3.63) is 0 Å². The second kappa shape index (κ2) is 8.27. The van der Waals surface area contributed by atoms with Crippen molar-refractivity contribution in [3.63, 3.8) is 0 Å². The maximum absolute atomic E-state index is 10.2. The fourth-order valence-electron chi connectivity index (χ4n) is 0.384. The van der Waals surface area contributed by atoms with Crippen molar-refractivity contribution in [1.82, 2.24) is 0 Å². The van der Waals surface area contributed by atoms with E-state index in [1.54, 1.807) is 6.26 Å². The van der Waals surface area contributed by atoms with Gasteiger partial charge in [0, 0.05) is 5.75 Å². The summed E-state index contributed by atoms with van der Waals surface area (Å²) in [5, 5.41) is 9.83. The van der Waals surface area contributed by atoms with Gasteiger partial charge in [0.25, 0.3) is 0 Å². The van der Waals surface area contributed by atoms with Crippen LogP contribution in [0.15, 0.2) is 0 Å². The molecule has 1 atom stereocenters. The molecule has 1 unspecified atom stereocenters. The first-order chi connectivity index (χ1) is 4.22. The van der Waals surface area contributed by atoms with Gasteiger partial charge in [0.2, 0.25) is 0 Å². The zero-order chi connectivity index (χ0) is 7.28. The molecule has 0 N–H and O–H groups in total. The quantitative estimate of drug-likeness (QED) is 0.437. The number of hydrogen-bond acceptors (Lipinski definition) is 4. The molecule has 0 amide bonds. The molecule has 0 aliphatic carbocycles. The van der Waals surface area contributed by atoms with E-state index in [-0.39, 0.29) is 34.8 Å². The molecule has 0 rings (SSSR count). The topological polar surface area (TPSA) is 40.1 Å². The van der Waals surface area contributed by atoms with Crippen LogP contribution in [-0.4, -0.2) is 29.5 Å². The Kier molecular flexibility index (Phi) is 11.4. The van der Waals surface area contributed by atoms with Gasteiger partial charge < -0.3 is 9.90 Å². The Bertz CT molecular complexity index is 99.6. The number of rotatable bonds is 4. The average molecular weight is 188 g/mol. The first kappa shape index (κ1) is 13.7. The van der Waals surface area contributed by atoms with E-state index in [1.165, 1.54) is 23.5 Å². The number of aliphatic carboxylic acids is 1. The Balaban J connectivity index is 0. The zero-order valence-corrected chi connectivity index (χ0v) is 10.1. The van der Waals surface area contributed by atoms with E-state index in [0.717, 1.165) is 0 Å². The van der Waals surface area contributed by atoms with Crippen LogP contribution >= 0.6 is 23.5 Å². The predicted octanol–water partition coefficient (Wildman–Crippen LogP) is -3.17. The fourth-order valence-corrected chi connectivity index (χ4v) is 1.97. The van der Waals surface area contributed by atoms with Gasteiger partial charge in [-0.25, -0.2) is 0 Å². The van der Waals surface area contributed by atoms with Crippen LogP contribution in [0, 0.1) is 0 Å². The van der Waals surface area contributed by atoms with Gasteiger partial charge in [0.05, 0.1) is 11.2 Å². The molecule has 0 aromatic heterocycles. The van der Waals surface area contributed by atoms with Gasteiger partial charge in [-0.15, -0.1) is 0 Å². The summed E-state index contributed by atoms with van der Waals surface area (Å²) in [5.74, 6) is -0.333. The third-order valence-corrected chi connectivity index (χ3v) is 2.67. The maximum atomic E-state index is 10.2. The largest absolute Gasteiger partial charge is 1.00 e. The van der Waals surface area contributed by atoms with E-state index in [9.17, 15) is 9.90 Å². The first-order valence-electron chi connectivity index (χ1n) is 2.45. The van der Waals surface area contributed by atoms with E-state index in [2.05, 4.69) is 0 Å². The summed E-state index contributed by atoms with van der Waals surface area (Å²) in [6.45, 7) is 0. The summed E-state index contributed by atoms with van der Waals surface area (Å²) in [7, 11) is 0. The smallest absolute Gasteiger partial charge is 0.549 e. The number of carboxylic acid groups (broad SMARTS) is 1. The Hall–Kier alpha value is 1.17. The van der Waals surface area contributed by atoms with Crippen molar-refractivity contribution in [1.29, 1.82) is 0 Å². The van der Waals surface area contributed by atoms with E-state index in [0.29, 0.717) is 5.75 Å². The van der Waals surface area contributed by atoms with Crippen molar-refractivity contribution >= 4 is 29.5 Å². The van der Waals surface area contributed by atoms with Crippen LogP contribution in [0.3, 0.4) is 0 Å². The minimum absolute atomic E-state index is 0. The van der Waals surface area contributed by atoms with Gasteiger partial charge >= 0.3 is 29.6 Å². The van der Waals surface area contributed by atoms with E-state index < -0.39 is 5.97 Å². The molecule has 0 aliphatic rings. The summed E-state index contributed by atoms with van der Waals surface area (Å²) in [6, 6.07) is 0. The Morgan fingerprint density at radius 2 is 2.10 bits per heavy atom. The van der Waals surface area contributed by atoms with Gasteiger partial charge in [0.1, 0.15) is 0 Å². The maximum Gasteiger partial charge on any atom is 1.00 e. The number of carbonyl (C=O) groups excluding carboxylic acids is 1. The molecule has 0 bridgehead atoms. The molecule has 0 aromatic rings. The number of thioether (sulfide) groups is 2. The third kappa shape index (κ3) is 5.92. The fraction of sp³-hybridized carbons (Fsp3) is 0.800. The Labute approximate surface area is 91.8 Å². The van der Waals surface area contributed by atoms with Gasteiger partial charge in [-0.2, -0.15) is 23.5 Å². The van der Waals surface area contributed by atoms with Crippen LogP contribution in [-0.2, 0) is 4.79 Å². The summed E-state index contributed by atoms with van der Waals surface area (Å²) in [4.78, 5) is 10.2. The summed E-state index contributed by atoms with van der Waals surface area (Å²) in [6.07, 6.45) is 3.66. The second-order valence-corrected chi connectivity index (χ2v) is 3.45. The van der Waals surface area contributed by atoms with E-state index in [4.69, 9.17) is 0 Å². The Morgan fingerprint density at radius 3 is 2.20 bits per heavy atom. The molecule has 54 valence electrons. The second-order valence-electron chi connectivity index (χ2n) is 1.50. The third-order valence-electron chi connectivity index (χ3n) is 0.865. The number of carboxylic acids is 1. The summed E-state index contributed by atoms with van der Waals surface area (Å²) in [5.41, 5.74) is 0. The molecule has 0 aliphatic heterocycles. The SMILES string of the molecule is CSCC(SC)C(=O)[O-].[Na+]. The molecular formula is C5H9NaO2S2. The molecule has 10 heavy (non-hydrogen) atoms. The first-order valence-corrected chi connectivity index (χ1v) is 5.13. The van der Waals surface area contributed by atoms with Crippen LogP contribution in [0.1, 0.15) is 0 Å². The van der Waals surface area contributed by atoms with Crippen LogP contribution in [0.2, 0.25) is 0 Å². The molecule has 0 aromatic carbocycles. The van der Waals surface area contributed by atoms with E-state index in [1.807, 2.05) is 6.26 Å². The van der Waals surface area contributed by atoms with Crippen molar-refractivity contribution in [3.8, 4) is 0 Å². The van der Waals surface area contributed by atoms with Crippen molar-refractivity contribution < 1.29 is 39.5 Å². The van der Waals surface area contributed by atoms with Crippen LogP contribution in [0.4, 0.5) is 0 Å². The average Bonchev–Trinajstić information content (AvgIpc) is 1.82. The normalized spacial score (nSPS) is 11.8. The monoisotopic (exact) mass is 188 g/mol. The summed E-state index contributed by atoms with van der Waals surface area (Å²) < 4.78 is 0. The molecule has 0 fully saturated rings. The number of carbonyl (C=O) groups is 1. The van der Waals surface area contributed by atoms with E-state index >= 15 is 0 Å². The molecule has 0 saturated carbocycles. The standard InChI is InChI=1S/C5H10O2S2.Na/c1-8-3-4(9-2)5(6)7;/h4H,3H2,1-2H3,(H,6,7);/q;+1/p-1. The van der Waals surface area contributed by atoms with Crippen molar-refractivity contribution in [2.45, 2.75) is 5.25 Å². The van der Waals surface area contributed by atoms with Gasteiger partial charge in [-0.3, -0.25) is 0 Å². The van der Waals surface area contributed by atoms with Gasteiger partial charge in [-0.1, -0.05) is 0 Å².